The molecule has 0 radical (unpaired) electrons. The molecular weight excluding hydrogens is 450 g/mol. The Bertz CT molecular complexity index is 1110. The summed E-state index contributed by atoms with van der Waals surface area (Å²) in [5.41, 5.74) is 2.60. The van der Waals surface area contributed by atoms with Crippen LogP contribution in [0.1, 0.15) is 74.2 Å². The average molecular weight is 486 g/mol. The lowest BCUT2D eigenvalue weighted by Crippen LogP contribution is -2.42. The SMILES string of the molecule is CCCCCCCCc1cnc(-c2ccc(OC(=O)[C@@H]3CCCN3C(=O)c3ccccc3)cc2)nc1. The number of nitrogens with zero attached hydrogens (tertiary/aromatic N) is 3. The first kappa shape index (κ1) is 25.5. The van der Waals surface area contributed by atoms with E-state index in [2.05, 4.69) is 16.9 Å². The average Bonchev–Trinajstić information content (AvgIpc) is 3.42. The Balaban J connectivity index is 1.30. The number of benzene rings is 2. The minimum atomic E-state index is -0.570. The van der Waals surface area contributed by atoms with Crippen molar-refractivity contribution in [2.45, 2.75) is 70.8 Å². The fraction of sp³-hybridized carbons (Fsp3) is 0.400. The summed E-state index contributed by atoms with van der Waals surface area (Å²) < 4.78 is 5.63. The third kappa shape index (κ3) is 6.78. The molecule has 0 N–H and O–H groups in total. The molecule has 0 spiro atoms. The molecule has 0 bridgehead atoms. The molecule has 1 aromatic heterocycles. The van der Waals surface area contributed by atoms with Gasteiger partial charge in [0.2, 0.25) is 0 Å². The summed E-state index contributed by atoms with van der Waals surface area (Å²) >= 11 is 0. The summed E-state index contributed by atoms with van der Waals surface area (Å²) in [5.74, 6) is 0.555. The van der Waals surface area contributed by atoms with Gasteiger partial charge in [0.15, 0.2) is 5.82 Å². The van der Waals surface area contributed by atoms with Crippen molar-refractivity contribution in [3.05, 3.63) is 78.1 Å². The molecule has 1 atom stereocenters. The van der Waals surface area contributed by atoms with Gasteiger partial charge in [0.05, 0.1) is 0 Å². The monoisotopic (exact) mass is 485 g/mol. The van der Waals surface area contributed by atoms with Crippen molar-refractivity contribution in [1.82, 2.24) is 14.9 Å². The van der Waals surface area contributed by atoms with E-state index < -0.39 is 12.0 Å². The number of carbonyl (C=O) groups excluding carboxylic acids is 2. The number of aromatic nitrogens is 2. The Hall–Kier alpha value is -3.54. The summed E-state index contributed by atoms with van der Waals surface area (Å²) in [4.78, 5) is 36.4. The van der Waals surface area contributed by atoms with E-state index in [-0.39, 0.29) is 5.91 Å². The molecule has 2 heterocycles. The van der Waals surface area contributed by atoms with Crippen LogP contribution in [-0.4, -0.2) is 39.3 Å². The highest BCUT2D eigenvalue weighted by atomic mass is 16.5. The molecule has 3 aromatic rings. The van der Waals surface area contributed by atoms with Gasteiger partial charge in [-0.15, -0.1) is 0 Å². The highest BCUT2D eigenvalue weighted by Crippen LogP contribution is 2.24. The van der Waals surface area contributed by atoms with Gasteiger partial charge in [0.25, 0.3) is 5.91 Å². The van der Waals surface area contributed by atoms with Crippen molar-refractivity contribution in [2.24, 2.45) is 0 Å². The van der Waals surface area contributed by atoms with Crippen LogP contribution < -0.4 is 4.74 Å². The van der Waals surface area contributed by atoms with Crippen LogP contribution in [0.2, 0.25) is 0 Å². The second kappa shape index (κ2) is 13.0. The van der Waals surface area contributed by atoms with Crippen LogP contribution in [0.5, 0.6) is 5.75 Å². The minimum absolute atomic E-state index is 0.137. The number of ether oxygens (including phenoxy) is 1. The molecule has 0 saturated carbocycles. The van der Waals surface area contributed by atoms with Crippen LogP contribution in [0.3, 0.4) is 0 Å². The lowest BCUT2D eigenvalue weighted by molar-refractivity contribution is -0.138. The number of hydrogen-bond donors (Lipinski definition) is 0. The van der Waals surface area contributed by atoms with Crippen molar-refractivity contribution in [1.29, 1.82) is 0 Å². The van der Waals surface area contributed by atoms with Crippen molar-refractivity contribution in [2.75, 3.05) is 6.54 Å². The van der Waals surface area contributed by atoms with Crippen molar-refractivity contribution in [3.8, 4) is 17.1 Å². The molecule has 188 valence electrons. The van der Waals surface area contributed by atoms with Crippen LogP contribution >= 0.6 is 0 Å². The number of likely N-dealkylation sites (tertiary alicyclic amines) is 1. The van der Waals surface area contributed by atoms with Gasteiger partial charge in [-0.2, -0.15) is 0 Å². The van der Waals surface area contributed by atoms with E-state index in [4.69, 9.17) is 4.74 Å². The largest absolute Gasteiger partial charge is 0.425 e. The van der Waals surface area contributed by atoms with Gasteiger partial charge in [0, 0.05) is 30.1 Å². The van der Waals surface area contributed by atoms with E-state index in [0.717, 1.165) is 24.0 Å². The maximum atomic E-state index is 12.9. The van der Waals surface area contributed by atoms with Gasteiger partial charge in [-0.25, -0.2) is 14.8 Å². The zero-order valence-electron chi connectivity index (χ0n) is 21.1. The van der Waals surface area contributed by atoms with Crippen LogP contribution in [0.15, 0.2) is 67.0 Å². The molecule has 36 heavy (non-hydrogen) atoms. The van der Waals surface area contributed by atoms with Crippen LogP contribution in [0.4, 0.5) is 0 Å². The Morgan fingerprint density at radius 2 is 1.61 bits per heavy atom. The Morgan fingerprint density at radius 3 is 2.33 bits per heavy atom. The molecule has 1 fully saturated rings. The Morgan fingerprint density at radius 1 is 0.917 bits per heavy atom. The lowest BCUT2D eigenvalue weighted by Gasteiger charge is -2.23. The number of rotatable bonds is 11. The molecule has 1 saturated heterocycles. The van der Waals surface area contributed by atoms with Crippen molar-refractivity contribution >= 4 is 11.9 Å². The molecule has 0 aliphatic carbocycles. The quantitative estimate of drug-likeness (QED) is 0.182. The molecule has 0 unspecified atom stereocenters. The number of esters is 1. The predicted molar refractivity (Wildman–Crippen MR) is 141 cm³/mol. The molecular formula is C30H35N3O3. The summed E-state index contributed by atoms with van der Waals surface area (Å²) in [5, 5.41) is 0. The van der Waals surface area contributed by atoms with Crippen molar-refractivity contribution < 1.29 is 14.3 Å². The van der Waals surface area contributed by atoms with Gasteiger partial charge >= 0.3 is 5.97 Å². The summed E-state index contributed by atoms with van der Waals surface area (Å²) in [6.45, 7) is 2.79. The first-order chi connectivity index (χ1) is 17.7. The smallest absolute Gasteiger partial charge is 0.334 e. The van der Waals surface area contributed by atoms with Gasteiger partial charge in [-0.05, 0) is 67.6 Å². The van der Waals surface area contributed by atoms with Crippen LogP contribution in [0.25, 0.3) is 11.4 Å². The number of hydrogen-bond acceptors (Lipinski definition) is 5. The molecule has 1 aliphatic rings. The predicted octanol–water partition coefficient (Wildman–Crippen LogP) is 6.26. The van der Waals surface area contributed by atoms with Crippen molar-refractivity contribution in [3.63, 3.8) is 0 Å². The molecule has 6 heteroatoms. The highest BCUT2D eigenvalue weighted by Gasteiger charge is 2.35. The number of aryl methyl sites for hydroxylation is 1. The fourth-order valence-electron chi connectivity index (χ4n) is 4.60. The molecule has 6 nitrogen and oxygen atoms in total. The number of carbonyl (C=O) groups is 2. The molecule has 4 rings (SSSR count). The minimum Gasteiger partial charge on any atom is -0.425 e. The fourth-order valence-corrected chi connectivity index (χ4v) is 4.60. The standard InChI is InChI=1S/C30H35N3O3/c1-2-3-4-5-6-8-12-23-21-31-28(32-22-23)24-16-18-26(19-17-24)36-30(35)27-15-11-20-33(27)29(34)25-13-9-7-10-14-25/h7,9-10,13-14,16-19,21-22,27H,2-6,8,11-12,15,20H2,1H3/t27-/m0/s1. The van der Waals surface area contributed by atoms with Crippen LogP contribution in [0, 0.1) is 0 Å². The van der Waals surface area contributed by atoms with Gasteiger partial charge < -0.3 is 9.64 Å². The summed E-state index contributed by atoms with van der Waals surface area (Å²) in [6.07, 6.45) is 13.8. The van der Waals surface area contributed by atoms with E-state index in [1.165, 1.54) is 38.5 Å². The van der Waals surface area contributed by atoms with E-state index in [1.54, 1.807) is 29.2 Å². The maximum absolute atomic E-state index is 12.9. The summed E-state index contributed by atoms with van der Waals surface area (Å²) in [6, 6.07) is 15.7. The second-order valence-electron chi connectivity index (χ2n) is 9.40. The Kier molecular flexibility index (Phi) is 9.20. The normalized spacial score (nSPS) is 15.1. The molecule has 1 aliphatic heterocycles. The third-order valence-electron chi connectivity index (χ3n) is 6.66. The summed E-state index contributed by atoms with van der Waals surface area (Å²) in [7, 11) is 0. The Labute approximate surface area is 213 Å². The van der Waals surface area contributed by atoms with E-state index in [1.807, 2.05) is 42.7 Å². The third-order valence-corrected chi connectivity index (χ3v) is 6.66. The second-order valence-corrected chi connectivity index (χ2v) is 9.40. The molecule has 2 aromatic carbocycles. The zero-order chi connectivity index (χ0) is 25.2. The van der Waals surface area contributed by atoms with E-state index in [0.29, 0.717) is 30.1 Å². The first-order valence-corrected chi connectivity index (χ1v) is 13.1. The molecule has 1 amide bonds. The van der Waals surface area contributed by atoms with E-state index in [9.17, 15) is 9.59 Å². The number of amides is 1. The maximum Gasteiger partial charge on any atom is 0.334 e. The van der Waals surface area contributed by atoms with Gasteiger partial charge in [-0.3, -0.25) is 4.79 Å². The highest BCUT2D eigenvalue weighted by molar-refractivity contribution is 5.97. The number of unbranched alkanes of at least 4 members (excludes halogenated alkanes) is 5. The topological polar surface area (TPSA) is 72.4 Å². The van der Waals surface area contributed by atoms with Gasteiger partial charge in [0.1, 0.15) is 11.8 Å². The lowest BCUT2D eigenvalue weighted by atomic mass is 10.1. The zero-order valence-corrected chi connectivity index (χ0v) is 21.1. The van der Waals surface area contributed by atoms with Gasteiger partial charge in [-0.1, -0.05) is 57.2 Å². The van der Waals surface area contributed by atoms with Crippen LogP contribution in [-0.2, 0) is 11.2 Å². The first-order valence-electron chi connectivity index (χ1n) is 13.1. The van der Waals surface area contributed by atoms with E-state index >= 15 is 0 Å².